The molecule has 1 atom stereocenters. The maximum absolute atomic E-state index is 12.9. The Hall–Kier alpha value is -2.77. The minimum atomic E-state index is -0.463. The zero-order valence-electron chi connectivity index (χ0n) is 20.6. The lowest BCUT2D eigenvalue weighted by atomic mass is 9.79. The summed E-state index contributed by atoms with van der Waals surface area (Å²) in [4.78, 5) is 41.7. The van der Waals surface area contributed by atoms with Crippen LogP contribution < -0.4 is 10.2 Å². The monoisotopic (exact) mass is 511 g/mol. The van der Waals surface area contributed by atoms with Crippen LogP contribution in [0.4, 0.5) is 16.2 Å². The molecule has 2 aliphatic heterocycles. The van der Waals surface area contributed by atoms with Crippen LogP contribution in [0.2, 0.25) is 5.02 Å². The molecule has 0 unspecified atom stereocenters. The zero-order valence-corrected chi connectivity index (χ0v) is 22.2. The average Bonchev–Trinajstić information content (AvgIpc) is 3.00. The summed E-state index contributed by atoms with van der Waals surface area (Å²) in [5, 5.41) is 2.70. The molecule has 0 aromatic heterocycles. The SMILES string of the molecule is CC(C)N1c2ccc(/C=C3\SC(=O)N(CC(=O)Nc4cccc(Cl)c4)C3=O)cc2[C@@H](C)CC1(C)C. The lowest BCUT2D eigenvalue weighted by molar-refractivity contribution is -0.127. The fraction of sp³-hybridized carbons (Fsp3) is 0.370. The smallest absolute Gasteiger partial charge is 0.294 e. The molecule has 2 aromatic rings. The van der Waals surface area contributed by atoms with Crippen molar-refractivity contribution < 1.29 is 14.4 Å². The van der Waals surface area contributed by atoms with Gasteiger partial charge in [-0.3, -0.25) is 19.3 Å². The van der Waals surface area contributed by atoms with Gasteiger partial charge in [-0.2, -0.15) is 0 Å². The Morgan fingerprint density at radius 2 is 1.97 bits per heavy atom. The molecular formula is C27H30ClN3O3S. The molecular weight excluding hydrogens is 482 g/mol. The van der Waals surface area contributed by atoms with Gasteiger partial charge in [0.25, 0.3) is 11.1 Å². The Bertz CT molecular complexity index is 1220. The van der Waals surface area contributed by atoms with Crippen LogP contribution >= 0.6 is 23.4 Å². The van der Waals surface area contributed by atoms with Crippen LogP contribution in [-0.2, 0) is 9.59 Å². The van der Waals surface area contributed by atoms with Crippen LogP contribution in [0.3, 0.4) is 0 Å². The first-order valence-electron chi connectivity index (χ1n) is 11.7. The number of hydrogen-bond acceptors (Lipinski definition) is 5. The number of hydrogen-bond donors (Lipinski definition) is 1. The number of nitrogens with one attached hydrogen (secondary N) is 1. The van der Waals surface area contributed by atoms with Gasteiger partial charge in [-0.25, -0.2) is 0 Å². The fourth-order valence-corrected chi connectivity index (χ4v) is 6.26. The Labute approximate surface area is 215 Å². The molecule has 1 fully saturated rings. The quantitative estimate of drug-likeness (QED) is 0.463. The van der Waals surface area contributed by atoms with Crippen molar-refractivity contribution in [1.29, 1.82) is 0 Å². The van der Waals surface area contributed by atoms with Crippen LogP contribution in [0.15, 0.2) is 47.4 Å². The van der Waals surface area contributed by atoms with E-state index in [9.17, 15) is 14.4 Å². The maximum atomic E-state index is 12.9. The number of carbonyl (C=O) groups is 3. The van der Waals surface area contributed by atoms with E-state index in [1.54, 1.807) is 30.3 Å². The molecule has 0 saturated carbocycles. The number of halogens is 1. The highest BCUT2D eigenvalue weighted by molar-refractivity contribution is 8.18. The highest BCUT2D eigenvalue weighted by atomic mass is 35.5. The van der Waals surface area contributed by atoms with Gasteiger partial charge < -0.3 is 10.2 Å². The number of fused-ring (bicyclic) bond motifs is 1. The molecule has 35 heavy (non-hydrogen) atoms. The molecule has 2 aromatic carbocycles. The first-order valence-corrected chi connectivity index (χ1v) is 12.9. The van der Waals surface area contributed by atoms with Gasteiger partial charge in [-0.05, 0) is 99.3 Å². The largest absolute Gasteiger partial charge is 0.364 e. The average molecular weight is 512 g/mol. The van der Waals surface area contributed by atoms with Crippen LogP contribution in [0, 0.1) is 0 Å². The van der Waals surface area contributed by atoms with Crippen molar-refractivity contribution in [2.24, 2.45) is 0 Å². The number of benzene rings is 2. The van der Waals surface area contributed by atoms with Gasteiger partial charge in [0.1, 0.15) is 6.54 Å². The van der Waals surface area contributed by atoms with Crippen LogP contribution in [-0.4, -0.2) is 40.1 Å². The van der Waals surface area contributed by atoms with Gasteiger partial charge in [-0.15, -0.1) is 0 Å². The number of rotatable bonds is 5. The van der Waals surface area contributed by atoms with E-state index in [1.807, 2.05) is 6.07 Å². The van der Waals surface area contributed by atoms with Crippen molar-refractivity contribution in [1.82, 2.24) is 4.90 Å². The first-order chi connectivity index (χ1) is 16.5. The summed E-state index contributed by atoms with van der Waals surface area (Å²) in [6.07, 6.45) is 2.77. The van der Waals surface area contributed by atoms with Gasteiger partial charge in [0.2, 0.25) is 5.91 Å². The number of anilines is 2. The minimum absolute atomic E-state index is 0.0520. The van der Waals surface area contributed by atoms with Crippen molar-refractivity contribution in [2.45, 2.75) is 58.5 Å². The highest BCUT2D eigenvalue weighted by Crippen LogP contribution is 2.45. The van der Waals surface area contributed by atoms with E-state index in [0.717, 1.165) is 28.6 Å². The van der Waals surface area contributed by atoms with Crippen molar-refractivity contribution in [3.8, 4) is 0 Å². The summed E-state index contributed by atoms with van der Waals surface area (Å²) in [6.45, 7) is 10.8. The second-order valence-corrected chi connectivity index (χ2v) is 11.5. The summed E-state index contributed by atoms with van der Waals surface area (Å²) in [5.74, 6) is -0.555. The second-order valence-electron chi connectivity index (χ2n) is 10.0. The molecule has 6 nitrogen and oxygen atoms in total. The number of imide groups is 1. The predicted molar refractivity (Wildman–Crippen MR) is 144 cm³/mol. The second kappa shape index (κ2) is 9.70. The third-order valence-corrected chi connectivity index (χ3v) is 7.54. The van der Waals surface area contributed by atoms with Crippen molar-refractivity contribution in [3.63, 3.8) is 0 Å². The van der Waals surface area contributed by atoms with Crippen LogP contribution in [0.1, 0.15) is 58.1 Å². The van der Waals surface area contributed by atoms with Crippen LogP contribution in [0.5, 0.6) is 0 Å². The number of nitrogens with zero attached hydrogens (tertiary/aromatic N) is 2. The molecule has 3 amide bonds. The van der Waals surface area contributed by atoms with E-state index >= 15 is 0 Å². The molecule has 4 rings (SSSR count). The van der Waals surface area contributed by atoms with E-state index in [1.165, 1.54) is 11.3 Å². The molecule has 8 heteroatoms. The van der Waals surface area contributed by atoms with Gasteiger partial charge in [0.05, 0.1) is 4.91 Å². The third-order valence-electron chi connectivity index (χ3n) is 6.40. The highest BCUT2D eigenvalue weighted by Gasteiger charge is 2.38. The molecule has 0 spiro atoms. The molecule has 2 aliphatic rings. The van der Waals surface area contributed by atoms with E-state index in [-0.39, 0.29) is 12.1 Å². The van der Waals surface area contributed by atoms with Crippen molar-refractivity contribution in [2.75, 3.05) is 16.8 Å². The molecule has 2 heterocycles. The topological polar surface area (TPSA) is 69.7 Å². The van der Waals surface area contributed by atoms with E-state index in [2.05, 4.69) is 57.0 Å². The Balaban J connectivity index is 1.53. The maximum Gasteiger partial charge on any atom is 0.294 e. The first kappa shape index (κ1) is 25.3. The molecule has 0 bridgehead atoms. The van der Waals surface area contributed by atoms with Gasteiger partial charge in [0, 0.05) is 28.0 Å². The molecule has 0 aliphatic carbocycles. The summed E-state index contributed by atoms with van der Waals surface area (Å²) in [5.41, 5.74) is 3.88. The Kier molecular flexibility index (Phi) is 7.02. The van der Waals surface area contributed by atoms with Gasteiger partial charge in [0.15, 0.2) is 0 Å². The Morgan fingerprint density at radius 1 is 1.23 bits per heavy atom. The van der Waals surface area contributed by atoms with E-state index in [4.69, 9.17) is 11.6 Å². The van der Waals surface area contributed by atoms with Gasteiger partial charge >= 0.3 is 0 Å². The minimum Gasteiger partial charge on any atom is -0.364 e. The lowest BCUT2D eigenvalue weighted by Gasteiger charge is -2.50. The van der Waals surface area contributed by atoms with E-state index in [0.29, 0.717) is 27.6 Å². The number of thioether (sulfide) groups is 1. The predicted octanol–water partition coefficient (Wildman–Crippen LogP) is 6.52. The fourth-order valence-electron chi connectivity index (χ4n) is 5.24. The normalized spacial score (nSPS) is 20.5. The van der Waals surface area contributed by atoms with Crippen LogP contribution in [0.25, 0.3) is 6.08 Å². The summed E-state index contributed by atoms with van der Waals surface area (Å²) in [7, 11) is 0. The summed E-state index contributed by atoms with van der Waals surface area (Å²) < 4.78 is 0. The number of carbonyl (C=O) groups excluding carboxylic acids is 3. The molecule has 1 N–H and O–H groups in total. The summed E-state index contributed by atoms with van der Waals surface area (Å²) >= 11 is 6.81. The molecule has 0 radical (unpaired) electrons. The Morgan fingerprint density at radius 3 is 2.66 bits per heavy atom. The van der Waals surface area contributed by atoms with Crippen molar-refractivity contribution in [3.05, 3.63) is 63.5 Å². The molecule has 184 valence electrons. The van der Waals surface area contributed by atoms with E-state index < -0.39 is 17.1 Å². The summed E-state index contributed by atoms with van der Waals surface area (Å²) in [6, 6.07) is 13.3. The van der Waals surface area contributed by atoms with Crippen molar-refractivity contribution >= 4 is 57.9 Å². The zero-order chi connectivity index (χ0) is 25.5. The standard InChI is InChI=1S/C27H30ClN3O3S/c1-16(2)31-22-10-9-18(11-21(22)17(3)14-27(31,4)5)12-23-25(33)30(26(34)35-23)15-24(32)29-20-8-6-7-19(28)13-20/h6-13,16-17H,14-15H2,1-5H3,(H,29,32)/b23-12-/t17-/m0/s1. The molecule has 1 saturated heterocycles. The lowest BCUT2D eigenvalue weighted by Crippen LogP contribution is -2.51. The number of amides is 3. The van der Waals surface area contributed by atoms with Gasteiger partial charge in [-0.1, -0.05) is 30.7 Å². The third kappa shape index (κ3) is 5.26.